The molecule has 0 saturated carbocycles. The van der Waals surface area contributed by atoms with Crippen molar-refractivity contribution >= 4 is 44.2 Å². The van der Waals surface area contributed by atoms with Gasteiger partial charge in [0.25, 0.3) is 5.91 Å². The molecule has 0 N–H and O–H groups in total. The number of aromatic nitrogens is 1. The summed E-state index contributed by atoms with van der Waals surface area (Å²) in [4.78, 5) is 22.5. The number of rotatable bonds is 9. The predicted octanol–water partition coefficient (Wildman–Crippen LogP) is 6.53. The van der Waals surface area contributed by atoms with E-state index in [1.807, 2.05) is 65.6 Å². The van der Waals surface area contributed by atoms with Gasteiger partial charge in [-0.05, 0) is 61.0 Å². The third-order valence-corrected chi connectivity index (χ3v) is 7.08. The van der Waals surface area contributed by atoms with Crippen LogP contribution < -0.4 is 4.90 Å². The summed E-state index contributed by atoms with van der Waals surface area (Å²) in [7, 11) is 0. The van der Waals surface area contributed by atoms with Crippen LogP contribution in [0.4, 0.5) is 5.13 Å². The van der Waals surface area contributed by atoms with Crippen LogP contribution in [0.1, 0.15) is 35.3 Å². The lowest BCUT2D eigenvalue weighted by molar-refractivity contribution is 0.0984. The van der Waals surface area contributed by atoms with Crippen LogP contribution in [0.25, 0.3) is 10.2 Å². The second kappa shape index (κ2) is 10.9. The summed E-state index contributed by atoms with van der Waals surface area (Å²) in [5.74, 6) is -0.0291. The number of hydrogen-bond acceptors (Lipinski definition) is 4. The molecule has 4 aromatic rings. The highest BCUT2D eigenvalue weighted by Crippen LogP contribution is 2.31. The largest absolute Gasteiger partial charge is 0.302 e. The standard InChI is InChI=1S/C27H28ClN3OS/c1-3-30(4-2)16-17-31(27-29-24-15-14-23(28)19-25(24)33-27)26(32)22-12-10-21(11-13-22)18-20-8-6-5-7-9-20/h5-15,19H,3-4,16-18H2,1-2H3. The van der Waals surface area contributed by atoms with Gasteiger partial charge < -0.3 is 4.90 Å². The van der Waals surface area contributed by atoms with E-state index < -0.39 is 0 Å². The number of nitrogens with zero attached hydrogens (tertiary/aromatic N) is 3. The molecular formula is C27H28ClN3OS. The topological polar surface area (TPSA) is 36.4 Å². The van der Waals surface area contributed by atoms with E-state index in [-0.39, 0.29) is 5.91 Å². The van der Waals surface area contributed by atoms with Gasteiger partial charge in [-0.15, -0.1) is 0 Å². The average Bonchev–Trinajstić information content (AvgIpc) is 3.25. The molecule has 33 heavy (non-hydrogen) atoms. The van der Waals surface area contributed by atoms with Crippen molar-refractivity contribution in [2.24, 2.45) is 0 Å². The van der Waals surface area contributed by atoms with Crippen LogP contribution in [-0.2, 0) is 6.42 Å². The highest BCUT2D eigenvalue weighted by molar-refractivity contribution is 7.22. The first-order valence-corrected chi connectivity index (χ1v) is 12.5. The SMILES string of the molecule is CCN(CC)CCN(C(=O)c1ccc(Cc2ccccc2)cc1)c1nc2ccc(Cl)cc2s1. The number of carbonyl (C=O) groups is 1. The fraction of sp³-hybridized carbons (Fsp3) is 0.259. The van der Waals surface area contributed by atoms with Gasteiger partial charge in [-0.2, -0.15) is 0 Å². The molecule has 1 aromatic heterocycles. The summed E-state index contributed by atoms with van der Waals surface area (Å²) in [6.45, 7) is 7.55. The smallest absolute Gasteiger partial charge is 0.260 e. The zero-order chi connectivity index (χ0) is 23.2. The quantitative estimate of drug-likeness (QED) is 0.275. The van der Waals surface area contributed by atoms with Crippen LogP contribution in [0, 0.1) is 0 Å². The number of halogens is 1. The maximum absolute atomic E-state index is 13.6. The molecule has 0 aliphatic heterocycles. The molecule has 0 bridgehead atoms. The molecule has 4 rings (SSSR count). The van der Waals surface area contributed by atoms with Crippen molar-refractivity contribution in [1.82, 2.24) is 9.88 Å². The molecule has 170 valence electrons. The fourth-order valence-corrected chi connectivity index (χ4v) is 5.09. The van der Waals surface area contributed by atoms with Gasteiger partial charge in [0.2, 0.25) is 0 Å². The molecular weight excluding hydrogens is 450 g/mol. The lowest BCUT2D eigenvalue weighted by Gasteiger charge is -2.24. The van der Waals surface area contributed by atoms with Gasteiger partial charge in [-0.3, -0.25) is 9.69 Å². The molecule has 1 amide bonds. The third-order valence-electron chi connectivity index (χ3n) is 5.80. The van der Waals surface area contributed by atoms with Gasteiger partial charge in [0, 0.05) is 23.7 Å². The maximum atomic E-state index is 13.6. The molecule has 1 heterocycles. The second-order valence-electron chi connectivity index (χ2n) is 7.95. The van der Waals surface area contributed by atoms with Gasteiger partial charge >= 0.3 is 0 Å². The Morgan fingerprint density at radius 1 is 0.909 bits per heavy atom. The summed E-state index contributed by atoms with van der Waals surface area (Å²) in [5, 5.41) is 1.38. The van der Waals surface area contributed by atoms with Gasteiger partial charge in [0.1, 0.15) is 0 Å². The number of carbonyl (C=O) groups excluding carboxylic acids is 1. The predicted molar refractivity (Wildman–Crippen MR) is 140 cm³/mol. The molecule has 0 unspecified atom stereocenters. The second-order valence-corrected chi connectivity index (χ2v) is 9.40. The Kier molecular flexibility index (Phi) is 7.76. The van der Waals surface area contributed by atoms with E-state index in [0.29, 0.717) is 22.3 Å². The molecule has 0 saturated heterocycles. The highest BCUT2D eigenvalue weighted by atomic mass is 35.5. The van der Waals surface area contributed by atoms with Crippen molar-refractivity contribution in [3.63, 3.8) is 0 Å². The zero-order valence-electron chi connectivity index (χ0n) is 19.0. The van der Waals surface area contributed by atoms with Gasteiger partial charge in [0.05, 0.1) is 10.2 Å². The normalized spacial score (nSPS) is 11.3. The van der Waals surface area contributed by atoms with E-state index in [4.69, 9.17) is 16.6 Å². The Morgan fingerprint density at radius 2 is 1.61 bits per heavy atom. The van der Waals surface area contributed by atoms with Crippen LogP contribution in [0.5, 0.6) is 0 Å². The molecule has 0 fully saturated rings. The van der Waals surface area contributed by atoms with Gasteiger partial charge in [-0.25, -0.2) is 4.98 Å². The van der Waals surface area contributed by atoms with Crippen LogP contribution in [0.15, 0.2) is 72.8 Å². The number of hydrogen-bond donors (Lipinski definition) is 0. The molecule has 0 spiro atoms. The minimum atomic E-state index is -0.0291. The van der Waals surface area contributed by atoms with E-state index in [1.54, 1.807) is 0 Å². The lowest BCUT2D eigenvalue weighted by atomic mass is 10.0. The Balaban J connectivity index is 1.59. The molecule has 0 aliphatic rings. The van der Waals surface area contributed by atoms with Crippen molar-refractivity contribution in [2.75, 3.05) is 31.1 Å². The van der Waals surface area contributed by atoms with E-state index in [1.165, 1.54) is 22.5 Å². The van der Waals surface area contributed by atoms with Crippen LogP contribution >= 0.6 is 22.9 Å². The highest BCUT2D eigenvalue weighted by Gasteiger charge is 2.22. The average molecular weight is 478 g/mol. The van der Waals surface area contributed by atoms with Crippen molar-refractivity contribution in [3.05, 3.63) is 94.5 Å². The van der Waals surface area contributed by atoms with Crippen molar-refractivity contribution < 1.29 is 4.79 Å². The van der Waals surface area contributed by atoms with Crippen LogP contribution in [0.3, 0.4) is 0 Å². The van der Waals surface area contributed by atoms with E-state index >= 15 is 0 Å². The summed E-state index contributed by atoms with van der Waals surface area (Å²) in [6.07, 6.45) is 0.847. The van der Waals surface area contributed by atoms with E-state index in [0.717, 1.165) is 36.3 Å². The summed E-state index contributed by atoms with van der Waals surface area (Å²) >= 11 is 7.68. The Hall–Kier alpha value is -2.73. The number of fused-ring (bicyclic) bond motifs is 1. The monoisotopic (exact) mass is 477 g/mol. The molecule has 0 radical (unpaired) electrons. The van der Waals surface area contributed by atoms with Crippen LogP contribution in [0.2, 0.25) is 5.02 Å². The first-order chi connectivity index (χ1) is 16.1. The summed E-state index contributed by atoms with van der Waals surface area (Å²) < 4.78 is 0.983. The Labute approximate surface area is 204 Å². The van der Waals surface area contributed by atoms with Crippen molar-refractivity contribution in [1.29, 1.82) is 0 Å². The molecule has 0 aliphatic carbocycles. The number of anilines is 1. The van der Waals surface area contributed by atoms with Crippen molar-refractivity contribution in [3.8, 4) is 0 Å². The number of thiazole rings is 1. The minimum Gasteiger partial charge on any atom is -0.302 e. The third kappa shape index (κ3) is 5.80. The first-order valence-electron chi connectivity index (χ1n) is 11.3. The van der Waals surface area contributed by atoms with Crippen LogP contribution in [-0.4, -0.2) is 42.0 Å². The minimum absolute atomic E-state index is 0.0291. The lowest BCUT2D eigenvalue weighted by Crippen LogP contribution is -2.38. The first kappa shape index (κ1) is 23.4. The molecule has 6 heteroatoms. The van der Waals surface area contributed by atoms with E-state index in [2.05, 4.69) is 30.9 Å². The number of likely N-dealkylation sites (N-methyl/N-ethyl adjacent to an activating group) is 1. The van der Waals surface area contributed by atoms with Gasteiger partial charge in [-0.1, -0.05) is 79.2 Å². The summed E-state index contributed by atoms with van der Waals surface area (Å²) in [5.41, 5.74) is 3.97. The van der Waals surface area contributed by atoms with Crippen molar-refractivity contribution in [2.45, 2.75) is 20.3 Å². The fourth-order valence-electron chi connectivity index (χ4n) is 3.82. The molecule has 3 aromatic carbocycles. The van der Waals surface area contributed by atoms with Gasteiger partial charge in [0.15, 0.2) is 5.13 Å². The Bertz CT molecular complexity index is 1200. The zero-order valence-corrected chi connectivity index (χ0v) is 20.6. The molecule has 0 atom stereocenters. The Morgan fingerprint density at radius 3 is 2.30 bits per heavy atom. The number of benzene rings is 3. The van der Waals surface area contributed by atoms with E-state index in [9.17, 15) is 4.79 Å². The summed E-state index contributed by atoms with van der Waals surface area (Å²) in [6, 6.07) is 23.9. The number of amides is 1. The maximum Gasteiger partial charge on any atom is 0.260 e. The molecule has 4 nitrogen and oxygen atoms in total.